The number of fused-ring (bicyclic) bond motifs is 1. The molecular weight excluding hydrogens is 574 g/mol. The van der Waals surface area contributed by atoms with Crippen LogP contribution in [0, 0.1) is 5.41 Å². The Labute approximate surface area is 268 Å². The van der Waals surface area contributed by atoms with E-state index in [9.17, 15) is 14.4 Å². The molecule has 2 aromatic carbocycles. The lowest BCUT2D eigenvalue weighted by Crippen LogP contribution is -2.45. The van der Waals surface area contributed by atoms with Crippen LogP contribution in [0.3, 0.4) is 0 Å². The van der Waals surface area contributed by atoms with Crippen LogP contribution >= 0.6 is 0 Å². The average molecular weight is 626 g/mol. The first-order chi connectivity index (χ1) is 21.1. The maximum Gasteiger partial charge on any atom is 0.410 e. The van der Waals surface area contributed by atoms with Gasteiger partial charge in [-0.3, -0.25) is 9.59 Å². The number of benzene rings is 2. The highest BCUT2D eigenvalue weighted by Crippen LogP contribution is 2.34. The molecule has 0 saturated carbocycles. The van der Waals surface area contributed by atoms with E-state index in [4.69, 9.17) is 24.7 Å². The van der Waals surface area contributed by atoms with Gasteiger partial charge in [0.25, 0.3) is 5.91 Å². The van der Waals surface area contributed by atoms with Gasteiger partial charge in [-0.15, -0.1) is 0 Å². The number of amides is 2. The van der Waals surface area contributed by atoms with Crippen molar-refractivity contribution in [3.63, 3.8) is 0 Å². The number of anilines is 1. The van der Waals surface area contributed by atoms with E-state index in [1.807, 2.05) is 85.7 Å². The van der Waals surface area contributed by atoms with E-state index >= 15 is 0 Å². The molecule has 2 N–H and O–H groups in total. The van der Waals surface area contributed by atoms with E-state index < -0.39 is 23.0 Å². The molecule has 10 heteroatoms. The monoisotopic (exact) mass is 625 g/mol. The fraction of sp³-hybridized carbons (Fsp3) is 0.571. The van der Waals surface area contributed by atoms with Gasteiger partial charge in [-0.1, -0.05) is 18.2 Å². The van der Waals surface area contributed by atoms with E-state index in [1.54, 1.807) is 4.90 Å². The summed E-state index contributed by atoms with van der Waals surface area (Å²) in [6, 6.07) is 11.1. The lowest BCUT2D eigenvalue weighted by Gasteiger charge is -2.32. The second-order valence-corrected chi connectivity index (χ2v) is 13.4. The van der Waals surface area contributed by atoms with Crippen molar-refractivity contribution in [1.82, 2.24) is 4.90 Å². The first-order valence-electron chi connectivity index (χ1n) is 15.8. The summed E-state index contributed by atoms with van der Waals surface area (Å²) < 4.78 is 22.9. The highest BCUT2D eigenvalue weighted by atomic mass is 16.6. The van der Waals surface area contributed by atoms with Crippen molar-refractivity contribution >= 4 is 23.7 Å². The van der Waals surface area contributed by atoms with E-state index in [0.717, 1.165) is 29.8 Å². The molecule has 10 nitrogen and oxygen atoms in total. The van der Waals surface area contributed by atoms with Crippen LogP contribution in [-0.4, -0.2) is 74.0 Å². The lowest BCUT2D eigenvalue weighted by molar-refractivity contribution is -0.152. The van der Waals surface area contributed by atoms with E-state index in [2.05, 4.69) is 11.0 Å². The van der Waals surface area contributed by atoms with Gasteiger partial charge < -0.3 is 34.5 Å². The Balaban J connectivity index is 1.74. The molecule has 248 valence electrons. The largest absolute Gasteiger partial charge is 0.490 e. The third-order valence-electron chi connectivity index (χ3n) is 7.33. The summed E-state index contributed by atoms with van der Waals surface area (Å²) in [6.07, 6.45) is 1.46. The summed E-state index contributed by atoms with van der Waals surface area (Å²) in [4.78, 5) is 41.9. The molecule has 0 aromatic heterocycles. The second kappa shape index (κ2) is 15.4. The highest BCUT2D eigenvalue weighted by Gasteiger charge is 2.29. The second-order valence-electron chi connectivity index (χ2n) is 13.4. The number of primary amides is 1. The number of nitrogens with zero attached hydrogens (tertiary/aromatic N) is 2. The molecular formula is C35H51N3O7. The van der Waals surface area contributed by atoms with Gasteiger partial charge in [0, 0.05) is 19.1 Å². The summed E-state index contributed by atoms with van der Waals surface area (Å²) in [5, 5.41) is 0. The molecule has 1 heterocycles. The highest BCUT2D eigenvalue weighted by molar-refractivity contribution is 6.00. The number of nitrogens with two attached hydrogens (primary N) is 1. The molecule has 0 fully saturated rings. The number of esters is 1. The number of carbonyl (C=O) groups excluding carboxylic acids is 3. The SMILES string of the molecule is CCOc1ccccc1OCCN(C(=O)OC(C)(C)C)C(C)Cc1cc2c(c(C(N)=O)c1)N(CCCOC(=O)C(C)(C)C)CC2. The van der Waals surface area contributed by atoms with Gasteiger partial charge in [0.05, 0.1) is 36.4 Å². The van der Waals surface area contributed by atoms with Gasteiger partial charge in [0.15, 0.2) is 11.5 Å². The van der Waals surface area contributed by atoms with Crippen LogP contribution in [-0.2, 0) is 27.1 Å². The molecule has 1 aliphatic heterocycles. The van der Waals surface area contributed by atoms with Crippen molar-refractivity contribution in [2.45, 2.75) is 86.3 Å². The van der Waals surface area contributed by atoms with Crippen molar-refractivity contribution in [1.29, 1.82) is 0 Å². The molecule has 1 atom stereocenters. The van der Waals surface area contributed by atoms with Crippen LogP contribution < -0.4 is 20.1 Å². The normalized spacial score (nSPS) is 13.6. The van der Waals surface area contributed by atoms with Crippen LogP contribution in [0.15, 0.2) is 36.4 Å². The fourth-order valence-corrected chi connectivity index (χ4v) is 5.22. The van der Waals surface area contributed by atoms with Gasteiger partial charge in [-0.25, -0.2) is 4.79 Å². The van der Waals surface area contributed by atoms with Crippen LogP contribution in [0.5, 0.6) is 11.5 Å². The smallest absolute Gasteiger partial charge is 0.410 e. The van der Waals surface area contributed by atoms with Crippen molar-refractivity contribution in [3.05, 3.63) is 53.1 Å². The Hall–Kier alpha value is -3.95. The molecule has 2 amide bonds. The molecule has 0 bridgehead atoms. The first kappa shape index (κ1) is 35.5. The Morgan fingerprint density at radius 2 is 1.67 bits per heavy atom. The average Bonchev–Trinajstić information content (AvgIpc) is 3.34. The molecule has 1 aliphatic rings. The maximum absolute atomic E-state index is 13.3. The molecule has 0 saturated heterocycles. The summed E-state index contributed by atoms with van der Waals surface area (Å²) >= 11 is 0. The number of hydrogen-bond acceptors (Lipinski definition) is 8. The molecule has 3 rings (SSSR count). The summed E-state index contributed by atoms with van der Waals surface area (Å²) in [5.74, 6) is 0.520. The van der Waals surface area contributed by atoms with Crippen LogP contribution in [0.2, 0.25) is 0 Å². The third-order valence-corrected chi connectivity index (χ3v) is 7.33. The predicted molar refractivity (Wildman–Crippen MR) is 175 cm³/mol. The Morgan fingerprint density at radius 1 is 1.00 bits per heavy atom. The van der Waals surface area contributed by atoms with Gasteiger partial charge in [-0.2, -0.15) is 0 Å². The van der Waals surface area contributed by atoms with E-state index in [1.165, 1.54) is 0 Å². The van der Waals surface area contributed by atoms with Crippen LogP contribution in [0.4, 0.5) is 10.5 Å². The molecule has 0 spiro atoms. The quantitative estimate of drug-likeness (QED) is 0.207. The summed E-state index contributed by atoms with van der Waals surface area (Å²) in [5.41, 5.74) is 7.91. The van der Waals surface area contributed by atoms with Crippen LogP contribution in [0.25, 0.3) is 0 Å². The third kappa shape index (κ3) is 10.3. The minimum atomic E-state index is -0.668. The van der Waals surface area contributed by atoms with Crippen molar-refractivity contribution < 1.29 is 33.3 Å². The van der Waals surface area contributed by atoms with Gasteiger partial charge in [-0.05, 0) is 104 Å². The van der Waals surface area contributed by atoms with Crippen LogP contribution in [0.1, 0.15) is 83.3 Å². The zero-order valence-corrected chi connectivity index (χ0v) is 28.2. The number of hydrogen-bond donors (Lipinski definition) is 1. The standard InChI is InChI=1S/C35H51N3O7/c1-9-42-28-13-10-11-14-29(28)43-20-18-38(33(41)45-35(6,7)8)24(2)21-25-22-26-15-17-37(30(26)27(23-25)31(36)39)16-12-19-44-32(40)34(3,4)5/h10-11,13-14,22-24H,9,12,15-21H2,1-8H3,(H2,36,39). The molecule has 0 radical (unpaired) electrons. The van der Waals surface area contributed by atoms with Crippen molar-refractivity contribution in [3.8, 4) is 11.5 Å². The number of carbonyl (C=O) groups is 3. The maximum atomic E-state index is 13.3. The van der Waals surface area contributed by atoms with Gasteiger partial charge in [0.1, 0.15) is 12.2 Å². The topological polar surface area (TPSA) is 121 Å². The first-order valence-corrected chi connectivity index (χ1v) is 15.8. The number of ether oxygens (including phenoxy) is 4. The van der Waals surface area contributed by atoms with Crippen molar-refractivity contribution in [2.75, 3.05) is 44.4 Å². The van der Waals surface area contributed by atoms with Crippen molar-refractivity contribution in [2.24, 2.45) is 11.1 Å². The molecule has 1 unspecified atom stereocenters. The Morgan fingerprint density at radius 3 is 2.27 bits per heavy atom. The summed E-state index contributed by atoms with van der Waals surface area (Å²) in [6.45, 7) is 17.6. The molecule has 45 heavy (non-hydrogen) atoms. The molecule has 2 aromatic rings. The minimum Gasteiger partial charge on any atom is -0.490 e. The Bertz CT molecular complexity index is 1330. The Kier molecular flexibility index (Phi) is 12.1. The number of rotatable bonds is 14. The minimum absolute atomic E-state index is 0.233. The zero-order chi connectivity index (χ0) is 33.4. The van der Waals surface area contributed by atoms with Gasteiger partial charge >= 0.3 is 12.1 Å². The zero-order valence-electron chi connectivity index (χ0n) is 28.2. The lowest BCUT2D eigenvalue weighted by atomic mass is 9.97. The fourth-order valence-electron chi connectivity index (χ4n) is 5.22. The predicted octanol–water partition coefficient (Wildman–Crippen LogP) is 5.77. The van der Waals surface area contributed by atoms with Gasteiger partial charge in [0.2, 0.25) is 0 Å². The van der Waals surface area contributed by atoms with E-state index in [-0.39, 0.29) is 25.2 Å². The van der Waals surface area contributed by atoms with E-state index in [0.29, 0.717) is 49.7 Å². The number of para-hydroxylation sites is 2. The summed E-state index contributed by atoms with van der Waals surface area (Å²) in [7, 11) is 0. The molecule has 0 aliphatic carbocycles.